The van der Waals surface area contributed by atoms with Crippen LogP contribution in [-0.2, 0) is 0 Å². The van der Waals surface area contributed by atoms with Gasteiger partial charge in [0.15, 0.2) is 5.16 Å². The molecule has 2 aromatic heterocycles. The summed E-state index contributed by atoms with van der Waals surface area (Å²) in [6.07, 6.45) is 4.09. The Morgan fingerprint density at radius 3 is 2.68 bits per heavy atom. The molecule has 0 N–H and O–H groups in total. The molecule has 0 amide bonds. The maximum Gasteiger partial charge on any atom is 0.230 e. The smallest absolute Gasteiger partial charge is 0.230 e. The van der Waals surface area contributed by atoms with Crippen LogP contribution in [0.4, 0.5) is 5.95 Å². The van der Waals surface area contributed by atoms with Crippen LogP contribution >= 0.6 is 23.4 Å². The van der Waals surface area contributed by atoms with Crippen molar-refractivity contribution in [3.8, 4) is 0 Å². The number of aromatic nitrogens is 4. The lowest BCUT2D eigenvalue weighted by Crippen LogP contribution is -2.21. The molecule has 0 radical (unpaired) electrons. The second-order valence-corrected chi connectivity index (χ2v) is 5.48. The average Bonchev–Trinajstić information content (AvgIpc) is 2.93. The van der Waals surface area contributed by atoms with E-state index in [1.165, 1.54) is 24.6 Å². The third kappa shape index (κ3) is 3.13. The highest BCUT2D eigenvalue weighted by molar-refractivity contribution is 7.99. The van der Waals surface area contributed by atoms with Crippen LogP contribution in [0.15, 0.2) is 34.6 Å². The molecule has 19 heavy (non-hydrogen) atoms. The van der Waals surface area contributed by atoms with Gasteiger partial charge < -0.3 is 4.90 Å². The monoisotopic (exact) mass is 293 g/mol. The van der Waals surface area contributed by atoms with Gasteiger partial charge in [0.2, 0.25) is 11.2 Å². The van der Waals surface area contributed by atoms with Crippen molar-refractivity contribution in [3.05, 3.63) is 29.7 Å². The van der Waals surface area contributed by atoms with E-state index in [2.05, 4.69) is 24.8 Å². The van der Waals surface area contributed by atoms with Gasteiger partial charge in [0.1, 0.15) is 5.03 Å². The van der Waals surface area contributed by atoms with E-state index >= 15 is 0 Å². The zero-order chi connectivity index (χ0) is 13.1. The quantitative estimate of drug-likeness (QED) is 0.867. The number of pyridine rings is 1. The van der Waals surface area contributed by atoms with Crippen molar-refractivity contribution in [2.45, 2.75) is 23.0 Å². The van der Waals surface area contributed by atoms with E-state index in [1.807, 2.05) is 18.2 Å². The Hall–Kier alpha value is -1.40. The van der Waals surface area contributed by atoms with Gasteiger partial charge in [-0.25, -0.2) is 4.98 Å². The van der Waals surface area contributed by atoms with Crippen molar-refractivity contribution in [1.29, 1.82) is 0 Å². The van der Waals surface area contributed by atoms with Gasteiger partial charge in [-0.1, -0.05) is 6.07 Å². The molecule has 98 valence electrons. The van der Waals surface area contributed by atoms with Crippen LogP contribution in [0.1, 0.15) is 12.8 Å². The standard InChI is InChI=1S/C12H12ClN5S/c13-10-15-11(18-7-3-4-8-18)17-12(16-10)19-9-5-1-2-6-14-9/h1-2,5-6H,3-4,7-8H2. The number of hydrogen-bond acceptors (Lipinski definition) is 6. The van der Waals surface area contributed by atoms with Gasteiger partial charge in [-0.15, -0.1) is 0 Å². The Morgan fingerprint density at radius 2 is 1.95 bits per heavy atom. The molecule has 1 aliphatic heterocycles. The molecule has 3 heterocycles. The third-order valence-electron chi connectivity index (χ3n) is 2.80. The molecule has 3 rings (SSSR count). The van der Waals surface area contributed by atoms with Crippen molar-refractivity contribution in [2.75, 3.05) is 18.0 Å². The number of anilines is 1. The summed E-state index contributed by atoms with van der Waals surface area (Å²) in [5.41, 5.74) is 0. The summed E-state index contributed by atoms with van der Waals surface area (Å²) in [4.78, 5) is 19.2. The maximum atomic E-state index is 5.97. The first kappa shape index (κ1) is 12.6. The Labute approximate surface area is 120 Å². The van der Waals surface area contributed by atoms with Crippen LogP contribution in [0.3, 0.4) is 0 Å². The van der Waals surface area contributed by atoms with E-state index in [1.54, 1.807) is 6.20 Å². The lowest BCUT2D eigenvalue weighted by molar-refractivity contribution is 0.825. The fourth-order valence-corrected chi connectivity index (χ4v) is 2.84. The van der Waals surface area contributed by atoms with Crippen LogP contribution in [0.2, 0.25) is 5.28 Å². The SMILES string of the molecule is Clc1nc(Sc2ccccn2)nc(N2CCCC2)n1. The van der Waals surface area contributed by atoms with E-state index in [-0.39, 0.29) is 5.28 Å². The van der Waals surface area contributed by atoms with Gasteiger partial charge in [-0.3, -0.25) is 0 Å². The maximum absolute atomic E-state index is 5.97. The molecule has 0 atom stereocenters. The first-order valence-corrected chi connectivity index (χ1v) is 7.26. The minimum absolute atomic E-state index is 0.232. The molecule has 1 aliphatic rings. The predicted molar refractivity (Wildman–Crippen MR) is 74.6 cm³/mol. The molecule has 0 aromatic carbocycles. The van der Waals surface area contributed by atoms with Crippen LogP contribution in [0.5, 0.6) is 0 Å². The molecule has 0 spiro atoms. The highest BCUT2D eigenvalue weighted by Crippen LogP contribution is 2.25. The summed E-state index contributed by atoms with van der Waals surface area (Å²) in [6, 6.07) is 5.72. The topological polar surface area (TPSA) is 54.8 Å². The largest absolute Gasteiger partial charge is 0.341 e. The van der Waals surface area contributed by atoms with Gasteiger partial charge >= 0.3 is 0 Å². The minimum Gasteiger partial charge on any atom is -0.341 e. The molecule has 1 fully saturated rings. The minimum atomic E-state index is 0.232. The number of nitrogens with zero attached hydrogens (tertiary/aromatic N) is 5. The van der Waals surface area contributed by atoms with Crippen LogP contribution < -0.4 is 4.90 Å². The molecule has 7 heteroatoms. The highest BCUT2D eigenvalue weighted by Gasteiger charge is 2.17. The van der Waals surface area contributed by atoms with Crippen molar-refractivity contribution < 1.29 is 0 Å². The zero-order valence-electron chi connectivity index (χ0n) is 10.2. The first-order chi connectivity index (χ1) is 9.31. The Kier molecular flexibility index (Phi) is 3.79. The Bertz CT molecular complexity index is 559. The van der Waals surface area contributed by atoms with Gasteiger partial charge in [0.25, 0.3) is 0 Å². The highest BCUT2D eigenvalue weighted by atomic mass is 35.5. The van der Waals surface area contributed by atoms with Crippen molar-refractivity contribution in [2.24, 2.45) is 0 Å². The second kappa shape index (κ2) is 5.71. The van der Waals surface area contributed by atoms with E-state index in [4.69, 9.17) is 11.6 Å². The summed E-state index contributed by atoms with van der Waals surface area (Å²) in [5, 5.41) is 1.66. The lowest BCUT2D eigenvalue weighted by Gasteiger charge is -2.15. The van der Waals surface area contributed by atoms with Crippen LogP contribution in [0, 0.1) is 0 Å². The van der Waals surface area contributed by atoms with Gasteiger partial charge in [0, 0.05) is 19.3 Å². The molecule has 0 unspecified atom stereocenters. The number of hydrogen-bond donors (Lipinski definition) is 0. The Balaban J connectivity index is 1.85. The molecular weight excluding hydrogens is 282 g/mol. The molecule has 0 aliphatic carbocycles. The summed E-state index contributed by atoms with van der Waals surface area (Å²) in [7, 11) is 0. The Morgan fingerprint density at radius 1 is 1.11 bits per heavy atom. The van der Waals surface area contributed by atoms with E-state index in [0.717, 1.165) is 18.1 Å². The molecular formula is C12H12ClN5S. The normalized spacial score (nSPS) is 14.9. The number of halogens is 1. The molecule has 0 bridgehead atoms. The summed E-state index contributed by atoms with van der Waals surface area (Å²) >= 11 is 7.36. The fourth-order valence-electron chi connectivity index (χ4n) is 1.93. The van der Waals surface area contributed by atoms with E-state index in [9.17, 15) is 0 Å². The van der Waals surface area contributed by atoms with Crippen LogP contribution in [-0.4, -0.2) is 33.0 Å². The van der Waals surface area contributed by atoms with Crippen molar-refractivity contribution >= 4 is 29.3 Å². The lowest BCUT2D eigenvalue weighted by atomic mass is 10.4. The molecule has 1 saturated heterocycles. The first-order valence-electron chi connectivity index (χ1n) is 6.07. The molecule has 0 saturated carbocycles. The van der Waals surface area contributed by atoms with Gasteiger partial charge in [-0.2, -0.15) is 15.0 Å². The van der Waals surface area contributed by atoms with Crippen LogP contribution in [0.25, 0.3) is 0 Å². The second-order valence-electron chi connectivity index (χ2n) is 4.15. The zero-order valence-corrected chi connectivity index (χ0v) is 11.7. The third-order valence-corrected chi connectivity index (χ3v) is 3.78. The predicted octanol–water partition coefficient (Wildman–Crippen LogP) is 2.67. The van der Waals surface area contributed by atoms with E-state index < -0.39 is 0 Å². The van der Waals surface area contributed by atoms with Gasteiger partial charge in [0.05, 0.1) is 0 Å². The number of rotatable bonds is 3. The fraction of sp³-hybridized carbons (Fsp3) is 0.333. The molecule has 2 aromatic rings. The average molecular weight is 294 g/mol. The summed E-state index contributed by atoms with van der Waals surface area (Å²) in [6.45, 7) is 1.96. The van der Waals surface area contributed by atoms with E-state index in [0.29, 0.717) is 11.1 Å². The van der Waals surface area contributed by atoms with Gasteiger partial charge in [-0.05, 0) is 48.3 Å². The molecule has 5 nitrogen and oxygen atoms in total. The summed E-state index contributed by atoms with van der Waals surface area (Å²) < 4.78 is 0. The van der Waals surface area contributed by atoms with Crippen molar-refractivity contribution in [3.63, 3.8) is 0 Å². The summed E-state index contributed by atoms with van der Waals surface area (Å²) in [5.74, 6) is 0.663. The van der Waals surface area contributed by atoms with Crippen molar-refractivity contribution in [1.82, 2.24) is 19.9 Å².